The van der Waals surface area contributed by atoms with E-state index in [9.17, 15) is 13.2 Å². The molecule has 150 valence electrons. The van der Waals surface area contributed by atoms with Crippen molar-refractivity contribution < 1.29 is 13.2 Å². The van der Waals surface area contributed by atoms with Gasteiger partial charge in [0.1, 0.15) is 0 Å². The highest BCUT2D eigenvalue weighted by Crippen LogP contribution is 2.37. The van der Waals surface area contributed by atoms with Crippen LogP contribution in [0.3, 0.4) is 0 Å². The molecule has 2 amide bonds. The van der Waals surface area contributed by atoms with Crippen molar-refractivity contribution in [2.75, 3.05) is 19.0 Å². The predicted molar refractivity (Wildman–Crippen MR) is 107 cm³/mol. The van der Waals surface area contributed by atoms with Crippen LogP contribution in [-0.4, -0.2) is 38.4 Å². The number of hydrogen-bond acceptors (Lipinski definition) is 4. The molecule has 1 aliphatic rings. The van der Waals surface area contributed by atoms with E-state index in [0.29, 0.717) is 0 Å². The van der Waals surface area contributed by atoms with Gasteiger partial charge in [0.25, 0.3) is 0 Å². The fraction of sp³-hybridized carbons (Fsp3) is 0.500. The standard InChI is InChI=1S/C18H24N6O3S/c1-5-24(4)28(26,27)17-12-15(20-3)14(19-2)11-16(17)22-23-18(25)21-13-9-7-6-8-10-13/h11-13,22H,5-10H2,1,4H3,(H2,21,23,25). The smallest absolute Gasteiger partial charge is 0.333 e. The molecule has 10 heteroatoms. The van der Waals surface area contributed by atoms with Crippen LogP contribution < -0.4 is 16.2 Å². The highest BCUT2D eigenvalue weighted by Gasteiger charge is 2.25. The number of hydrazine groups is 1. The Morgan fingerprint density at radius 1 is 1.18 bits per heavy atom. The van der Waals surface area contributed by atoms with Gasteiger partial charge in [0.05, 0.1) is 23.7 Å². The largest absolute Gasteiger partial charge is 0.334 e. The van der Waals surface area contributed by atoms with Crippen molar-refractivity contribution in [2.24, 2.45) is 0 Å². The lowest BCUT2D eigenvalue weighted by Gasteiger charge is -2.24. The van der Waals surface area contributed by atoms with E-state index in [0.717, 1.165) is 42.5 Å². The summed E-state index contributed by atoms with van der Waals surface area (Å²) >= 11 is 0. The van der Waals surface area contributed by atoms with E-state index >= 15 is 0 Å². The van der Waals surface area contributed by atoms with Crippen LogP contribution in [0.25, 0.3) is 9.69 Å². The summed E-state index contributed by atoms with van der Waals surface area (Å²) in [5, 5.41) is 2.85. The van der Waals surface area contributed by atoms with Gasteiger partial charge in [-0.2, -0.15) is 0 Å². The maximum absolute atomic E-state index is 12.8. The molecule has 28 heavy (non-hydrogen) atoms. The summed E-state index contributed by atoms with van der Waals surface area (Å²) in [5.41, 5.74) is 5.02. The van der Waals surface area contributed by atoms with Crippen LogP contribution >= 0.6 is 0 Å². The van der Waals surface area contributed by atoms with Crippen LogP contribution in [0.1, 0.15) is 39.0 Å². The van der Waals surface area contributed by atoms with Crippen molar-refractivity contribution in [3.8, 4) is 0 Å². The Kier molecular flexibility index (Phi) is 7.21. The number of urea groups is 1. The molecule has 0 aromatic heterocycles. The third-order valence-corrected chi connectivity index (χ3v) is 6.67. The number of nitrogens with one attached hydrogen (secondary N) is 3. The van der Waals surface area contributed by atoms with Gasteiger partial charge in [-0.05, 0) is 25.0 Å². The molecule has 0 aliphatic heterocycles. The second-order valence-corrected chi connectivity index (χ2v) is 8.55. The Labute approximate surface area is 165 Å². The molecule has 3 N–H and O–H groups in total. The number of carbonyl (C=O) groups is 1. The van der Waals surface area contributed by atoms with Crippen LogP contribution in [0.4, 0.5) is 21.9 Å². The van der Waals surface area contributed by atoms with Crippen LogP contribution in [-0.2, 0) is 10.0 Å². The second-order valence-electron chi connectivity index (χ2n) is 6.54. The quantitative estimate of drug-likeness (QED) is 0.500. The topological polar surface area (TPSA) is 99.3 Å². The highest BCUT2D eigenvalue weighted by atomic mass is 32.2. The lowest BCUT2D eigenvalue weighted by Crippen LogP contribution is -2.45. The molecule has 1 fully saturated rings. The number of hydrogen-bond donors (Lipinski definition) is 3. The summed E-state index contributed by atoms with van der Waals surface area (Å²) < 4.78 is 26.7. The maximum atomic E-state index is 12.8. The van der Waals surface area contributed by atoms with Crippen molar-refractivity contribution in [1.82, 2.24) is 15.0 Å². The van der Waals surface area contributed by atoms with Crippen LogP contribution in [0.2, 0.25) is 0 Å². The van der Waals surface area contributed by atoms with Crippen molar-refractivity contribution >= 4 is 33.1 Å². The molecule has 2 rings (SSSR count). The van der Waals surface area contributed by atoms with Crippen LogP contribution in [0, 0.1) is 13.1 Å². The SMILES string of the molecule is [C-]#[N+]c1cc(NNC(=O)NC2CCCCC2)c(S(=O)(=O)N(C)CC)cc1[N+]#[C-]. The minimum atomic E-state index is -3.90. The molecule has 0 unspecified atom stereocenters. The zero-order valence-electron chi connectivity index (χ0n) is 15.9. The molecule has 1 aliphatic carbocycles. The summed E-state index contributed by atoms with van der Waals surface area (Å²) in [7, 11) is -2.48. The fourth-order valence-corrected chi connectivity index (χ4v) is 4.30. The first-order chi connectivity index (χ1) is 13.3. The number of benzene rings is 1. The molecule has 0 bridgehead atoms. The monoisotopic (exact) mass is 404 g/mol. The van der Waals surface area contributed by atoms with E-state index in [4.69, 9.17) is 13.1 Å². The van der Waals surface area contributed by atoms with Gasteiger partial charge in [-0.15, -0.1) is 0 Å². The molecular weight excluding hydrogens is 380 g/mol. The lowest BCUT2D eigenvalue weighted by atomic mass is 9.96. The minimum Gasteiger partial charge on any atom is -0.334 e. The number of sulfonamides is 1. The number of rotatable bonds is 6. The van der Waals surface area contributed by atoms with E-state index in [1.807, 2.05) is 0 Å². The van der Waals surface area contributed by atoms with E-state index < -0.39 is 16.1 Å². The first-order valence-electron chi connectivity index (χ1n) is 9.05. The number of carbonyl (C=O) groups excluding carboxylic acids is 1. The lowest BCUT2D eigenvalue weighted by molar-refractivity contribution is 0.234. The number of nitrogens with zero attached hydrogens (tertiary/aromatic N) is 3. The molecular formula is C18H24N6O3S. The number of amides is 2. The normalized spacial score (nSPS) is 14.8. The summed E-state index contributed by atoms with van der Waals surface area (Å²) in [6.45, 7) is 16.3. The second kappa shape index (κ2) is 9.40. The van der Waals surface area contributed by atoms with E-state index in [2.05, 4.69) is 25.9 Å². The van der Waals surface area contributed by atoms with Gasteiger partial charge >= 0.3 is 6.03 Å². The summed E-state index contributed by atoms with van der Waals surface area (Å²) in [4.78, 5) is 18.5. The Morgan fingerprint density at radius 3 is 2.36 bits per heavy atom. The van der Waals surface area contributed by atoms with Gasteiger partial charge in [-0.25, -0.2) is 17.5 Å². The van der Waals surface area contributed by atoms with E-state index in [1.165, 1.54) is 13.1 Å². The van der Waals surface area contributed by atoms with Crippen molar-refractivity contribution in [2.45, 2.75) is 50.0 Å². The highest BCUT2D eigenvalue weighted by molar-refractivity contribution is 7.89. The zero-order chi connectivity index (χ0) is 20.7. The van der Waals surface area contributed by atoms with Crippen molar-refractivity contribution in [3.05, 3.63) is 35.0 Å². The predicted octanol–water partition coefficient (Wildman–Crippen LogP) is 3.39. The van der Waals surface area contributed by atoms with Crippen molar-refractivity contribution in [1.29, 1.82) is 0 Å². The molecule has 1 saturated carbocycles. The molecule has 0 saturated heterocycles. The van der Waals surface area contributed by atoms with Gasteiger partial charge in [0, 0.05) is 19.6 Å². The Hall–Kier alpha value is -2.82. The number of anilines is 1. The molecule has 0 spiro atoms. The molecule has 0 atom stereocenters. The average molecular weight is 404 g/mol. The van der Waals surface area contributed by atoms with Gasteiger partial charge in [-0.1, -0.05) is 26.2 Å². The van der Waals surface area contributed by atoms with Crippen LogP contribution in [0.5, 0.6) is 0 Å². The molecule has 9 nitrogen and oxygen atoms in total. The van der Waals surface area contributed by atoms with Gasteiger partial charge in [0.2, 0.25) is 10.0 Å². The van der Waals surface area contributed by atoms with Gasteiger partial charge in [-0.3, -0.25) is 20.5 Å². The Balaban J connectivity index is 2.27. The molecule has 1 aromatic rings. The first kappa shape index (κ1) is 21.5. The first-order valence-corrected chi connectivity index (χ1v) is 10.5. The third-order valence-electron chi connectivity index (χ3n) is 4.70. The third kappa shape index (κ3) is 4.91. The van der Waals surface area contributed by atoms with E-state index in [1.54, 1.807) is 6.92 Å². The average Bonchev–Trinajstić information content (AvgIpc) is 2.71. The Morgan fingerprint density at radius 2 is 1.79 bits per heavy atom. The van der Waals surface area contributed by atoms with E-state index in [-0.39, 0.29) is 34.5 Å². The summed E-state index contributed by atoms with van der Waals surface area (Å²) in [6, 6.07) is 2.04. The summed E-state index contributed by atoms with van der Waals surface area (Å²) in [5.74, 6) is 0. The molecule has 0 radical (unpaired) electrons. The fourth-order valence-electron chi connectivity index (χ4n) is 2.98. The van der Waals surface area contributed by atoms with Crippen LogP contribution in [0.15, 0.2) is 17.0 Å². The Bertz CT molecular complexity index is 910. The van der Waals surface area contributed by atoms with Gasteiger partial charge in [0.15, 0.2) is 11.4 Å². The summed E-state index contributed by atoms with van der Waals surface area (Å²) in [6.07, 6.45) is 5.12. The zero-order valence-corrected chi connectivity index (χ0v) is 16.8. The van der Waals surface area contributed by atoms with Crippen molar-refractivity contribution in [3.63, 3.8) is 0 Å². The maximum Gasteiger partial charge on any atom is 0.333 e. The molecule has 1 aromatic carbocycles. The minimum absolute atomic E-state index is 0.00471. The van der Waals surface area contributed by atoms with Gasteiger partial charge < -0.3 is 5.32 Å². The molecule has 0 heterocycles.